The molecule has 0 aliphatic carbocycles. The van der Waals surface area contributed by atoms with E-state index in [1.54, 1.807) is 14.2 Å². The zero-order valence-corrected chi connectivity index (χ0v) is 25.1. The van der Waals surface area contributed by atoms with Crippen molar-refractivity contribution in [1.29, 1.82) is 0 Å². The van der Waals surface area contributed by atoms with Gasteiger partial charge in [0, 0.05) is 24.8 Å². The average molecular weight is 523 g/mol. The Kier molecular flexibility index (Phi) is 9.45. The lowest BCUT2D eigenvalue weighted by Crippen LogP contribution is -2.28. The molecule has 0 bridgehead atoms. The molecule has 0 aromatic heterocycles. The fourth-order valence-corrected chi connectivity index (χ4v) is 7.02. The molecule has 200 valence electrons. The van der Waals surface area contributed by atoms with Crippen molar-refractivity contribution in [3.63, 3.8) is 0 Å². The van der Waals surface area contributed by atoms with Gasteiger partial charge in [-0.15, -0.1) is 0 Å². The summed E-state index contributed by atoms with van der Waals surface area (Å²) in [6.45, 7) is 18.2. The van der Waals surface area contributed by atoms with Gasteiger partial charge in [-0.3, -0.25) is 0 Å². The van der Waals surface area contributed by atoms with Crippen LogP contribution >= 0.6 is 7.92 Å². The van der Waals surface area contributed by atoms with E-state index >= 15 is 0 Å². The predicted octanol–water partition coefficient (Wildman–Crippen LogP) is 6.62. The van der Waals surface area contributed by atoms with Gasteiger partial charge in [0.2, 0.25) is 0 Å². The Morgan fingerprint density at radius 3 is 1.38 bits per heavy atom. The smallest absolute Gasteiger partial charge is 0.188 e. The molecule has 0 saturated carbocycles. The van der Waals surface area contributed by atoms with Crippen LogP contribution in [0.15, 0.2) is 54.6 Å². The van der Waals surface area contributed by atoms with Gasteiger partial charge in [0.05, 0.1) is 0 Å². The average Bonchev–Trinajstić information content (AvgIpc) is 2.82. The molecule has 0 spiro atoms. The van der Waals surface area contributed by atoms with E-state index in [4.69, 9.17) is 18.9 Å². The van der Waals surface area contributed by atoms with Crippen LogP contribution in [0.1, 0.15) is 63.8 Å². The van der Waals surface area contributed by atoms with Crippen molar-refractivity contribution < 1.29 is 18.9 Å². The highest BCUT2D eigenvalue weighted by Gasteiger charge is 2.30. The van der Waals surface area contributed by atoms with E-state index in [2.05, 4.69) is 110 Å². The summed E-state index contributed by atoms with van der Waals surface area (Å²) >= 11 is 0. The van der Waals surface area contributed by atoms with Crippen molar-refractivity contribution in [1.82, 2.24) is 0 Å². The molecule has 0 atom stereocenters. The normalized spacial score (nSPS) is 12.2. The molecule has 0 unspecified atom stereocenters. The summed E-state index contributed by atoms with van der Waals surface area (Å²) in [6, 6.07) is 19.8. The third-order valence-electron chi connectivity index (χ3n) is 6.38. The fraction of sp³-hybridized carbons (Fsp3) is 0.438. The molecule has 4 nitrogen and oxygen atoms in total. The molecule has 0 saturated heterocycles. The van der Waals surface area contributed by atoms with Crippen LogP contribution in [0.5, 0.6) is 11.5 Å². The zero-order valence-electron chi connectivity index (χ0n) is 24.2. The summed E-state index contributed by atoms with van der Waals surface area (Å²) in [5.74, 6) is 1.75. The second kappa shape index (κ2) is 12.0. The van der Waals surface area contributed by atoms with E-state index in [1.807, 2.05) is 0 Å². The first-order valence-corrected chi connectivity index (χ1v) is 14.1. The van der Waals surface area contributed by atoms with Gasteiger partial charge in [0.25, 0.3) is 0 Å². The Morgan fingerprint density at radius 1 is 0.622 bits per heavy atom. The van der Waals surface area contributed by atoms with Crippen LogP contribution in [0.4, 0.5) is 0 Å². The van der Waals surface area contributed by atoms with E-state index in [1.165, 1.54) is 16.4 Å². The summed E-state index contributed by atoms with van der Waals surface area (Å²) in [4.78, 5) is 0. The molecule has 3 aromatic carbocycles. The number of methoxy groups -OCH3 is 2. The van der Waals surface area contributed by atoms with Crippen LogP contribution in [0.2, 0.25) is 0 Å². The molecule has 0 heterocycles. The van der Waals surface area contributed by atoms with E-state index in [0.29, 0.717) is 0 Å². The molecule has 0 aliphatic rings. The van der Waals surface area contributed by atoms with E-state index in [9.17, 15) is 0 Å². The van der Waals surface area contributed by atoms with E-state index in [-0.39, 0.29) is 24.4 Å². The summed E-state index contributed by atoms with van der Waals surface area (Å²) in [5.41, 5.74) is 4.72. The Hall–Kier alpha value is -2.39. The molecule has 0 aliphatic heterocycles. The van der Waals surface area contributed by atoms with Gasteiger partial charge in [-0.1, -0.05) is 84.0 Å². The first-order chi connectivity index (χ1) is 17.4. The molecular weight excluding hydrogens is 479 g/mol. The maximum absolute atomic E-state index is 6.29. The second-order valence-electron chi connectivity index (χ2n) is 11.6. The number of hydrogen-bond donors (Lipinski definition) is 0. The first kappa shape index (κ1) is 29.2. The van der Waals surface area contributed by atoms with Crippen molar-refractivity contribution in [2.45, 2.75) is 66.2 Å². The summed E-state index contributed by atoms with van der Waals surface area (Å²) in [6.07, 6.45) is 0. The zero-order chi connectivity index (χ0) is 27.4. The molecule has 0 fully saturated rings. The third-order valence-corrected chi connectivity index (χ3v) is 8.82. The molecule has 5 heteroatoms. The molecule has 0 radical (unpaired) electrons. The third kappa shape index (κ3) is 6.93. The minimum atomic E-state index is -1.04. The Labute approximate surface area is 225 Å². The van der Waals surface area contributed by atoms with Crippen LogP contribution in [0, 0.1) is 13.8 Å². The van der Waals surface area contributed by atoms with Crippen LogP contribution in [-0.4, -0.2) is 27.8 Å². The van der Waals surface area contributed by atoms with Gasteiger partial charge in [0.1, 0.15) is 11.5 Å². The summed E-state index contributed by atoms with van der Waals surface area (Å²) in [5, 5.41) is 3.56. The maximum atomic E-state index is 6.29. The van der Waals surface area contributed by atoms with Crippen LogP contribution < -0.4 is 25.4 Å². The molecule has 0 amide bonds. The van der Waals surface area contributed by atoms with Gasteiger partial charge < -0.3 is 18.9 Å². The van der Waals surface area contributed by atoms with Crippen LogP contribution in [-0.2, 0) is 20.3 Å². The van der Waals surface area contributed by atoms with Gasteiger partial charge in [-0.2, -0.15) is 0 Å². The monoisotopic (exact) mass is 522 g/mol. The van der Waals surface area contributed by atoms with Crippen molar-refractivity contribution >= 4 is 23.8 Å². The largest absolute Gasteiger partial charge is 0.467 e. The highest BCUT2D eigenvalue weighted by Crippen LogP contribution is 2.44. The number of ether oxygens (including phenoxy) is 4. The number of benzene rings is 3. The molecule has 3 rings (SSSR count). The summed E-state index contributed by atoms with van der Waals surface area (Å²) in [7, 11) is 2.28. The van der Waals surface area contributed by atoms with Gasteiger partial charge in [-0.25, -0.2) is 0 Å². The summed E-state index contributed by atoms with van der Waals surface area (Å²) < 4.78 is 23.3. The highest BCUT2D eigenvalue weighted by molar-refractivity contribution is 7.80. The minimum absolute atomic E-state index is 0.0183. The van der Waals surface area contributed by atoms with E-state index < -0.39 is 7.92 Å². The standard InChI is InChI=1S/C32H43O4P/c1-22-16-24(31(3,4)5)18-27(29(22)35-20-33-9)37(26-14-12-11-13-15-26)28-19-25(32(6,7)8)17-23(2)30(28)36-21-34-10/h11-19H,20-21H2,1-10H3. The minimum Gasteiger partial charge on any atom is -0.467 e. The SMILES string of the molecule is COCOc1c(C)cc(C(C)(C)C)cc1P(c1ccccc1)c1cc(C(C)(C)C)cc(C)c1OCOC. The highest BCUT2D eigenvalue weighted by atomic mass is 31.1. The lowest BCUT2D eigenvalue weighted by molar-refractivity contribution is 0.0513. The Morgan fingerprint density at radius 2 is 1.03 bits per heavy atom. The second-order valence-corrected chi connectivity index (χ2v) is 13.7. The van der Waals surface area contributed by atoms with Crippen molar-refractivity contribution in [3.8, 4) is 11.5 Å². The first-order valence-electron chi connectivity index (χ1n) is 12.8. The van der Waals surface area contributed by atoms with E-state index in [0.717, 1.165) is 33.2 Å². The van der Waals surface area contributed by atoms with Crippen molar-refractivity contribution in [3.05, 3.63) is 76.9 Å². The molecule has 3 aromatic rings. The van der Waals surface area contributed by atoms with Crippen molar-refractivity contribution in [2.75, 3.05) is 27.8 Å². The van der Waals surface area contributed by atoms with Gasteiger partial charge in [-0.05, 0) is 72.3 Å². The lowest BCUT2D eigenvalue weighted by atomic mass is 9.86. The van der Waals surface area contributed by atoms with Gasteiger partial charge >= 0.3 is 0 Å². The quantitative estimate of drug-likeness (QED) is 0.234. The molecular formula is C32H43O4P. The lowest BCUT2D eigenvalue weighted by Gasteiger charge is -2.30. The Bertz CT molecular complexity index is 1110. The number of aryl methyl sites for hydroxylation is 2. The fourth-order valence-electron chi connectivity index (χ4n) is 4.31. The topological polar surface area (TPSA) is 36.9 Å². The molecule has 37 heavy (non-hydrogen) atoms. The van der Waals surface area contributed by atoms with Crippen LogP contribution in [0.25, 0.3) is 0 Å². The number of hydrogen-bond acceptors (Lipinski definition) is 4. The van der Waals surface area contributed by atoms with Crippen LogP contribution in [0.3, 0.4) is 0 Å². The van der Waals surface area contributed by atoms with Crippen molar-refractivity contribution in [2.24, 2.45) is 0 Å². The number of rotatable bonds is 9. The predicted molar refractivity (Wildman–Crippen MR) is 157 cm³/mol. The van der Waals surface area contributed by atoms with Gasteiger partial charge in [0.15, 0.2) is 13.6 Å². The molecule has 0 N–H and O–H groups in total. The maximum Gasteiger partial charge on any atom is 0.188 e. The Balaban J connectivity index is 2.45.